The van der Waals surface area contributed by atoms with Crippen molar-refractivity contribution in [3.8, 4) is 0 Å². The molecular formula is C20H24ClN5O9P2. The molecule has 0 spiro atoms. The lowest BCUT2D eigenvalue weighted by atomic mass is 10.1. The first kappa shape index (κ1) is 26.6. The Kier molecular flexibility index (Phi) is 7.18. The van der Waals surface area contributed by atoms with Crippen molar-refractivity contribution in [3.63, 3.8) is 0 Å². The molecular weight excluding hydrogens is 552 g/mol. The predicted molar refractivity (Wildman–Crippen MR) is 129 cm³/mol. The Morgan fingerprint density at radius 1 is 1.19 bits per heavy atom. The third-order valence-corrected chi connectivity index (χ3v) is 9.88. The van der Waals surface area contributed by atoms with Gasteiger partial charge in [0.1, 0.15) is 24.4 Å². The van der Waals surface area contributed by atoms with Crippen molar-refractivity contribution in [2.45, 2.75) is 43.3 Å². The zero-order valence-corrected chi connectivity index (χ0v) is 21.6. The van der Waals surface area contributed by atoms with Crippen molar-refractivity contribution in [2.75, 3.05) is 17.8 Å². The third kappa shape index (κ3) is 5.59. The number of hydrogen-bond donors (Lipinski definition) is 6. The molecule has 2 aromatic heterocycles. The number of rotatable bonds is 8. The van der Waals surface area contributed by atoms with Crippen LogP contribution in [-0.2, 0) is 24.8 Å². The summed E-state index contributed by atoms with van der Waals surface area (Å²) >= 11 is 6.19. The van der Waals surface area contributed by atoms with E-state index in [2.05, 4.69) is 26.4 Å². The van der Waals surface area contributed by atoms with Gasteiger partial charge in [0.25, 0.3) is 0 Å². The lowest BCUT2D eigenvalue weighted by Gasteiger charge is -2.18. The van der Waals surface area contributed by atoms with Crippen LogP contribution in [0.5, 0.6) is 0 Å². The highest BCUT2D eigenvalue weighted by Crippen LogP contribution is 2.55. The Hall–Kier alpha value is -1.96. The summed E-state index contributed by atoms with van der Waals surface area (Å²) < 4.78 is 34.7. The smallest absolute Gasteiger partial charge is 0.340 e. The van der Waals surface area contributed by atoms with E-state index in [0.29, 0.717) is 11.5 Å². The Morgan fingerprint density at radius 3 is 2.70 bits per heavy atom. The van der Waals surface area contributed by atoms with Gasteiger partial charge in [-0.1, -0.05) is 24.3 Å². The van der Waals surface area contributed by atoms with E-state index in [0.717, 1.165) is 18.4 Å². The highest BCUT2D eigenvalue weighted by Gasteiger charge is 2.46. The van der Waals surface area contributed by atoms with E-state index in [9.17, 15) is 24.2 Å². The standard InChI is InChI=1S/C20H24ClN5O9P2/c21-20-24-18(23-12-6-5-10-3-1-2-4-11(10)12)19-22-7-13(26(19)25-20)17-16(28)15(27)14(35-17)8-34-37(32,33)9-36(29,30)31/h1-4,7,12,14-17,27-28H,5-6,8-9H2,(H,32,33)(H,23,24,25)(H2,29,30,31)/t12-,14+,15+,16+,17-/m0/s1. The largest absolute Gasteiger partial charge is 0.387 e. The van der Waals surface area contributed by atoms with Crippen LogP contribution < -0.4 is 5.32 Å². The van der Waals surface area contributed by atoms with Crippen LogP contribution in [0, 0.1) is 0 Å². The zero-order chi connectivity index (χ0) is 26.5. The topological polar surface area (TPSA) is 209 Å². The van der Waals surface area contributed by atoms with Gasteiger partial charge in [0.2, 0.25) is 5.28 Å². The highest BCUT2D eigenvalue weighted by molar-refractivity contribution is 7.70. The van der Waals surface area contributed by atoms with Crippen LogP contribution in [0.15, 0.2) is 30.5 Å². The second-order valence-electron chi connectivity index (χ2n) is 8.90. The van der Waals surface area contributed by atoms with Gasteiger partial charge in [-0.25, -0.2) is 9.50 Å². The summed E-state index contributed by atoms with van der Waals surface area (Å²) in [6, 6.07) is 8.03. The number of aromatic nitrogens is 4. The van der Waals surface area contributed by atoms with Gasteiger partial charge >= 0.3 is 15.2 Å². The molecule has 3 heterocycles. The number of fused-ring (bicyclic) bond motifs is 2. The molecule has 1 unspecified atom stereocenters. The molecule has 0 amide bonds. The summed E-state index contributed by atoms with van der Waals surface area (Å²) in [5.41, 5.74) is 2.90. The average Bonchev–Trinajstić information content (AvgIpc) is 3.48. The number of aliphatic hydroxyl groups is 2. The molecule has 0 saturated carbocycles. The van der Waals surface area contributed by atoms with E-state index in [1.165, 1.54) is 16.3 Å². The number of aryl methyl sites for hydroxylation is 1. The first-order valence-corrected chi connectivity index (χ1v) is 15.1. The Morgan fingerprint density at radius 2 is 1.95 bits per heavy atom. The molecule has 17 heteroatoms. The Labute approximate surface area is 214 Å². The number of ether oxygens (including phenoxy) is 1. The lowest BCUT2D eigenvalue weighted by Crippen LogP contribution is -2.33. The molecule has 5 rings (SSSR count). The number of anilines is 1. The van der Waals surface area contributed by atoms with E-state index in [4.69, 9.17) is 30.6 Å². The highest BCUT2D eigenvalue weighted by atomic mass is 35.5. The fourth-order valence-electron chi connectivity index (χ4n) is 4.63. The number of halogens is 1. The van der Waals surface area contributed by atoms with Crippen molar-refractivity contribution in [2.24, 2.45) is 0 Å². The van der Waals surface area contributed by atoms with Gasteiger partial charge in [0.05, 0.1) is 24.5 Å². The SMILES string of the molecule is O=P(O)(O)CP(=O)(O)OC[C@H]1O[C@@H](c2cnc3c(N[C@H]4CCc5ccccc54)nc(Cl)nn23)[C@H](O)[C@@H]1O. The molecule has 6 N–H and O–H groups in total. The normalized spacial score (nSPS) is 27.4. The number of benzene rings is 1. The molecule has 1 aliphatic heterocycles. The summed E-state index contributed by atoms with van der Waals surface area (Å²) in [4.78, 5) is 36.2. The molecule has 0 bridgehead atoms. The molecule has 1 saturated heterocycles. The van der Waals surface area contributed by atoms with E-state index in [1.54, 1.807) is 0 Å². The maximum absolute atomic E-state index is 11.9. The van der Waals surface area contributed by atoms with Crippen LogP contribution in [0.4, 0.5) is 5.82 Å². The molecule has 200 valence electrons. The summed E-state index contributed by atoms with van der Waals surface area (Å²) in [5.74, 6) is -1.03. The molecule has 1 aromatic carbocycles. The van der Waals surface area contributed by atoms with Crippen molar-refractivity contribution in [1.82, 2.24) is 19.6 Å². The summed E-state index contributed by atoms with van der Waals surface area (Å²) in [5, 5.41) is 28.5. The van der Waals surface area contributed by atoms with Gasteiger partial charge in [-0.3, -0.25) is 9.13 Å². The maximum Gasteiger partial charge on any atom is 0.340 e. The van der Waals surface area contributed by atoms with Crippen LogP contribution in [0.25, 0.3) is 5.65 Å². The number of nitrogens with one attached hydrogen (secondary N) is 1. The van der Waals surface area contributed by atoms with Gasteiger partial charge < -0.3 is 39.5 Å². The molecule has 6 atom stereocenters. The minimum Gasteiger partial charge on any atom is -0.387 e. The fourth-order valence-corrected chi connectivity index (χ4v) is 7.36. The average molecular weight is 576 g/mol. The minimum atomic E-state index is -4.83. The van der Waals surface area contributed by atoms with Crippen LogP contribution in [-0.4, -0.2) is 75.3 Å². The van der Waals surface area contributed by atoms with Gasteiger partial charge in [0.15, 0.2) is 17.4 Å². The van der Waals surface area contributed by atoms with Gasteiger partial charge in [0, 0.05) is 0 Å². The molecule has 2 aliphatic rings. The molecule has 1 aliphatic carbocycles. The first-order valence-electron chi connectivity index (χ1n) is 11.2. The van der Waals surface area contributed by atoms with Crippen molar-refractivity contribution >= 4 is 38.3 Å². The number of imidazole rings is 1. The Balaban J connectivity index is 1.37. The molecule has 1 fully saturated rings. The van der Waals surface area contributed by atoms with Crippen LogP contribution in [0.2, 0.25) is 5.28 Å². The van der Waals surface area contributed by atoms with E-state index >= 15 is 0 Å². The molecule has 3 aromatic rings. The minimum absolute atomic E-state index is 0.0230. The summed E-state index contributed by atoms with van der Waals surface area (Å²) in [7, 11) is -9.51. The fraction of sp³-hybridized carbons (Fsp3) is 0.450. The number of nitrogens with zero attached hydrogens (tertiary/aromatic N) is 4. The van der Waals surface area contributed by atoms with Crippen molar-refractivity contribution < 1.29 is 43.3 Å². The van der Waals surface area contributed by atoms with Gasteiger partial charge in [-0.15, -0.1) is 5.10 Å². The van der Waals surface area contributed by atoms with Crippen molar-refractivity contribution in [1.29, 1.82) is 0 Å². The molecule has 37 heavy (non-hydrogen) atoms. The number of hydrogen-bond acceptors (Lipinski definition) is 10. The summed E-state index contributed by atoms with van der Waals surface area (Å²) in [6.07, 6.45) is -2.38. The van der Waals surface area contributed by atoms with Gasteiger partial charge in [-0.05, 0) is 35.6 Å². The second kappa shape index (κ2) is 9.97. The number of aliphatic hydroxyl groups excluding tert-OH is 2. The van der Waals surface area contributed by atoms with Crippen molar-refractivity contribution in [3.05, 3.63) is 52.6 Å². The van der Waals surface area contributed by atoms with E-state index < -0.39 is 52.1 Å². The van der Waals surface area contributed by atoms with E-state index in [1.807, 2.05) is 18.2 Å². The monoisotopic (exact) mass is 575 g/mol. The van der Waals surface area contributed by atoms with Crippen LogP contribution in [0.1, 0.15) is 35.4 Å². The van der Waals surface area contributed by atoms with Crippen LogP contribution in [0.3, 0.4) is 0 Å². The third-order valence-electron chi connectivity index (χ3n) is 6.26. The quantitative estimate of drug-likeness (QED) is 0.210. The maximum atomic E-state index is 11.9. The van der Waals surface area contributed by atoms with E-state index in [-0.39, 0.29) is 17.0 Å². The zero-order valence-electron chi connectivity index (χ0n) is 19.0. The Bertz CT molecular complexity index is 1420. The molecule has 14 nitrogen and oxygen atoms in total. The molecule has 0 radical (unpaired) electrons. The van der Waals surface area contributed by atoms with Crippen LogP contribution >= 0.6 is 26.8 Å². The first-order chi connectivity index (χ1) is 17.4. The van der Waals surface area contributed by atoms with Gasteiger partial charge in [-0.2, -0.15) is 4.98 Å². The predicted octanol–water partition coefficient (Wildman–Crippen LogP) is 1.38. The second-order valence-corrected chi connectivity index (χ2v) is 13.2. The summed E-state index contributed by atoms with van der Waals surface area (Å²) in [6.45, 7) is -0.705. The lowest BCUT2D eigenvalue weighted by molar-refractivity contribution is -0.0204.